The molecular weight excluding hydrogens is 302 g/mol. The number of amides is 2. The number of nitrogens with one attached hydrogen (secondary N) is 2. The van der Waals surface area contributed by atoms with Gasteiger partial charge < -0.3 is 10.2 Å². The molecule has 6 nitrogen and oxygen atoms in total. The lowest BCUT2D eigenvalue weighted by atomic mass is 10.00. The van der Waals surface area contributed by atoms with Crippen molar-refractivity contribution in [1.82, 2.24) is 14.9 Å². The smallest absolute Gasteiger partial charge is 0.317 e. The molecule has 0 saturated heterocycles. The van der Waals surface area contributed by atoms with Crippen molar-refractivity contribution in [3.63, 3.8) is 0 Å². The van der Waals surface area contributed by atoms with Crippen LogP contribution in [0.15, 0.2) is 36.4 Å². The van der Waals surface area contributed by atoms with Crippen LogP contribution in [-0.2, 0) is 10.0 Å². The maximum Gasteiger partial charge on any atom is 0.317 e. The zero-order valence-electron chi connectivity index (χ0n) is 12.6. The SMILES string of the molecule is CS(=O)(=O)NCCNC(=O)N1CC=C(c2ccccc2)CC1. The number of sulfonamides is 1. The quantitative estimate of drug-likeness (QED) is 0.795. The first-order valence-corrected chi connectivity index (χ1v) is 9.07. The van der Waals surface area contributed by atoms with Gasteiger partial charge in [0, 0.05) is 26.2 Å². The zero-order chi connectivity index (χ0) is 16.0. The minimum Gasteiger partial charge on any atom is -0.337 e. The molecule has 0 atom stereocenters. The Hall–Kier alpha value is -1.86. The van der Waals surface area contributed by atoms with E-state index in [4.69, 9.17) is 0 Å². The van der Waals surface area contributed by atoms with Crippen molar-refractivity contribution in [3.05, 3.63) is 42.0 Å². The number of carbonyl (C=O) groups excluding carboxylic acids is 1. The van der Waals surface area contributed by atoms with E-state index in [-0.39, 0.29) is 19.1 Å². The molecule has 2 amide bonds. The number of hydrogen-bond acceptors (Lipinski definition) is 3. The Morgan fingerprint density at radius 1 is 1.23 bits per heavy atom. The van der Waals surface area contributed by atoms with Gasteiger partial charge in [0.2, 0.25) is 10.0 Å². The van der Waals surface area contributed by atoms with Crippen LogP contribution in [0.3, 0.4) is 0 Å². The topological polar surface area (TPSA) is 78.5 Å². The predicted molar refractivity (Wildman–Crippen MR) is 86.9 cm³/mol. The molecule has 22 heavy (non-hydrogen) atoms. The van der Waals surface area contributed by atoms with E-state index < -0.39 is 10.0 Å². The van der Waals surface area contributed by atoms with E-state index >= 15 is 0 Å². The maximum absolute atomic E-state index is 12.0. The number of benzene rings is 1. The second-order valence-electron chi connectivity index (χ2n) is 5.19. The Labute approximate surface area is 131 Å². The Morgan fingerprint density at radius 3 is 2.55 bits per heavy atom. The Bertz CT molecular complexity index is 641. The average Bonchev–Trinajstić information content (AvgIpc) is 2.51. The van der Waals surface area contributed by atoms with E-state index in [1.165, 1.54) is 11.1 Å². The Morgan fingerprint density at radius 2 is 1.95 bits per heavy atom. The van der Waals surface area contributed by atoms with Crippen molar-refractivity contribution in [1.29, 1.82) is 0 Å². The highest BCUT2D eigenvalue weighted by Gasteiger charge is 2.17. The molecule has 2 rings (SSSR count). The minimum absolute atomic E-state index is 0.168. The van der Waals surface area contributed by atoms with Crippen LogP contribution in [0.5, 0.6) is 0 Å². The number of rotatable bonds is 5. The summed E-state index contributed by atoms with van der Waals surface area (Å²) < 4.78 is 24.1. The van der Waals surface area contributed by atoms with Crippen LogP contribution in [0.25, 0.3) is 5.57 Å². The zero-order valence-corrected chi connectivity index (χ0v) is 13.4. The average molecular weight is 323 g/mol. The van der Waals surface area contributed by atoms with Gasteiger partial charge in [0.15, 0.2) is 0 Å². The molecule has 0 aromatic heterocycles. The van der Waals surface area contributed by atoms with Gasteiger partial charge in [-0.1, -0.05) is 36.4 Å². The fourth-order valence-electron chi connectivity index (χ4n) is 2.29. The fourth-order valence-corrected chi connectivity index (χ4v) is 2.76. The van der Waals surface area contributed by atoms with Crippen molar-refractivity contribution in [2.75, 3.05) is 32.4 Å². The minimum atomic E-state index is -3.21. The highest BCUT2D eigenvalue weighted by molar-refractivity contribution is 7.88. The monoisotopic (exact) mass is 323 g/mol. The van der Waals surface area contributed by atoms with Crippen LogP contribution in [0, 0.1) is 0 Å². The highest BCUT2D eigenvalue weighted by atomic mass is 32.2. The van der Waals surface area contributed by atoms with Gasteiger partial charge in [-0.15, -0.1) is 0 Å². The van der Waals surface area contributed by atoms with E-state index in [1.54, 1.807) is 4.90 Å². The first-order chi connectivity index (χ1) is 10.5. The number of urea groups is 1. The van der Waals surface area contributed by atoms with Gasteiger partial charge >= 0.3 is 6.03 Å². The Kier molecular flexibility index (Phi) is 5.57. The van der Waals surface area contributed by atoms with Crippen LogP contribution in [0.1, 0.15) is 12.0 Å². The summed E-state index contributed by atoms with van der Waals surface area (Å²) in [5.41, 5.74) is 2.45. The molecule has 0 spiro atoms. The molecule has 1 aromatic rings. The molecule has 1 aliphatic rings. The maximum atomic E-state index is 12.0. The molecule has 120 valence electrons. The van der Waals surface area contributed by atoms with E-state index in [0.717, 1.165) is 12.7 Å². The van der Waals surface area contributed by atoms with Crippen molar-refractivity contribution < 1.29 is 13.2 Å². The van der Waals surface area contributed by atoms with Crippen LogP contribution in [0.4, 0.5) is 4.79 Å². The first-order valence-electron chi connectivity index (χ1n) is 7.17. The number of hydrogen-bond donors (Lipinski definition) is 2. The molecule has 1 aliphatic heterocycles. The second-order valence-corrected chi connectivity index (χ2v) is 7.02. The first kappa shape index (κ1) is 16.5. The fraction of sp³-hybridized carbons (Fsp3) is 0.400. The van der Waals surface area contributed by atoms with E-state index in [2.05, 4.69) is 28.2 Å². The van der Waals surface area contributed by atoms with Crippen molar-refractivity contribution in [2.45, 2.75) is 6.42 Å². The Balaban J connectivity index is 1.78. The standard InChI is InChI=1S/C15H21N3O3S/c1-22(20,21)17-10-9-16-15(19)18-11-7-14(8-12-18)13-5-3-2-4-6-13/h2-7,17H,8-12H2,1H3,(H,16,19). The van der Waals surface area contributed by atoms with Gasteiger partial charge in [-0.3, -0.25) is 0 Å². The molecule has 2 N–H and O–H groups in total. The molecular formula is C15H21N3O3S. The van der Waals surface area contributed by atoms with Crippen LogP contribution < -0.4 is 10.0 Å². The summed E-state index contributed by atoms with van der Waals surface area (Å²) in [5, 5.41) is 2.71. The predicted octanol–water partition coefficient (Wildman–Crippen LogP) is 1.03. The summed E-state index contributed by atoms with van der Waals surface area (Å²) >= 11 is 0. The van der Waals surface area contributed by atoms with Gasteiger partial charge in [0.25, 0.3) is 0 Å². The second kappa shape index (κ2) is 7.42. The lowest BCUT2D eigenvalue weighted by Crippen LogP contribution is -2.44. The van der Waals surface area contributed by atoms with Crippen molar-refractivity contribution in [2.24, 2.45) is 0 Å². The summed E-state index contributed by atoms with van der Waals surface area (Å²) in [4.78, 5) is 13.7. The number of carbonyl (C=O) groups is 1. The third-order valence-electron chi connectivity index (χ3n) is 3.41. The lowest BCUT2D eigenvalue weighted by Gasteiger charge is -2.26. The third kappa shape index (κ3) is 5.16. The van der Waals surface area contributed by atoms with Gasteiger partial charge in [0.1, 0.15) is 0 Å². The lowest BCUT2D eigenvalue weighted by molar-refractivity contribution is 0.203. The van der Waals surface area contributed by atoms with E-state index in [1.807, 2.05) is 18.2 Å². The summed E-state index contributed by atoms with van der Waals surface area (Å²) in [5.74, 6) is 0. The summed E-state index contributed by atoms with van der Waals surface area (Å²) in [6.07, 6.45) is 3.97. The summed E-state index contributed by atoms with van der Waals surface area (Å²) in [6, 6.07) is 9.96. The van der Waals surface area contributed by atoms with Crippen LogP contribution in [0.2, 0.25) is 0 Å². The molecule has 0 bridgehead atoms. The van der Waals surface area contributed by atoms with Gasteiger partial charge in [-0.2, -0.15) is 0 Å². The molecule has 0 saturated carbocycles. The molecule has 0 radical (unpaired) electrons. The molecule has 0 aliphatic carbocycles. The molecule has 1 aromatic carbocycles. The molecule has 0 unspecified atom stereocenters. The summed E-state index contributed by atoms with van der Waals surface area (Å²) in [6.45, 7) is 1.70. The highest BCUT2D eigenvalue weighted by Crippen LogP contribution is 2.21. The number of nitrogens with zero attached hydrogens (tertiary/aromatic N) is 1. The van der Waals surface area contributed by atoms with E-state index in [9.17, 15) is 13.2 Å². The molecule has 7 heteroatoms. The largest absolute Gasteiger partial charge is 0.337 e. The van der Waals surface area contributed by atoms with Gasteiger partial charge in [-0.25, -0.2) is 17.9 Å². The molecule has 1 heterocycles. The summed E-state index contributed by atoms with van der Waals surface area (Å²) in [7, 11) is -3.21. The molecule has 0 fully saturated rings. The van der Waals surface area contributed by atoms with Crippen LogP contribution >= 0.6 is 0 Å². The van der Waals surface area contributed by atoms with E-state index in [0.29, 0.717) is 13.1 Å². The van der Waals surface area contributed by atoms with Crippen molar-refractivity contribution >= 4 is 21.6 Å². The van der Waals surface area contributed by atoms with Gasteiger partial charge in [-0.05, 0) is 17.6 Å². The normalized spacial score (nSPS) is 15.3. The third-order valence-corrected chi connectivity index (χ3v) is 4.13. The van der Waals surface area contributed by atoms with Crippen LogP contribution in [-0.4, -0.2) is 51.8 Å². The van der Waals surface area contributed by atoms with Crippen molar-refractivity contribution in [3.8, 4) is 0 Å². The van der Waals surface area contributed by atoms with Gasteiger partial charge in [0.05, 0.1) is 6.26 Å².